The van der Waals surface area contributed by atoms with Crippen molar-refractivity contribution in [3.8, 4) is 0 Å². The second-order valence-electron chi connectivity index (χ2n) is 5.95. The summed E-state index contributed by atoms with van der Waals surface area (Å²) in [4.78, 5) is 24.7. The van der Waals surface area contributed by atoms with Gasteiger partial charge in [0.1, 0.15) is 5.25 Å². The Kier molecular flexibility index (Phi) is 5.45. The highest BCUT2D eigenvalue weighted by Crippen LogP contribution is 2.33. The van der Waals surface area contributed by atoms with E-state index in [1.807, 2.05) is 45.0 Å². The molecular weight excluding hydrogens is 284 g/mol. The molecule has 3 nitrogen and oxygen atoms in total. The molecule has 0 aliphatic heterocycles. The molecule has 0 bridgehead atoms. The molecule has 1 saturated carbocycles. The van der Waals surface area contributed by atoms with Crippen molar-refractivity contribution >= 4 is 23.5 Å². The molecule has 21 heavy (non-hydrogen) atoms. The zero-order valence-corrected chi connectivity index (χ0v) is 13.6. The van der Waals surface area contributed by atoms with Crippen molar-refractivity contribution in [1.29, 1.82) is 0 Å². The molecule has 1 fully saturated rings. The smallest absolute Gasteiger partial charge is 0.319 e. The van der Waals surface area contributed by atoms with Crippen molar-refractivity contribution in [2.24, 2.45) is 11.8 Å². The van der Waals surface area contributed by atoms with Crippen molar-refractivity contribution < 1.29 is 14.3 Å². The quantitative estimate of drug-likeness (QED) is 0.434. The summed E-state index contributed by atoms with van der Waals surface area (Å²) in [6, 6.07) is 7.53. The van der Waals surface area contributed by atoms with Gasteiger partial charge in [-0.05, 0) is 37.8 Å². The Morgan fingerprint density at radius 1 is 1.19 bits per heavy atom. The van der Waals surface area contributed by atoms with Crippen molar-refractivity contribution in [2.45, 2.75) is 43.8 Å². The van der Waals surface area contributed by atoms with E-state index < -0.39 is 0 Å². The molecule has 4 heteroatoms. The van der Waals surface area contributed by atoms with E-state index in [9.17, 15) is 9.59 Å². The highest BCUT2D eigenvalue weighted by atomic mass is 32.2. The number of rotatable bonds is 7. The van der Waals surface area contributed by atoms with E-state index in [2.05, 4.69) is 0 Å². The van der Waals surface area contributed by atoms with Gasteiger partial charge in [0, 0.05) is 16.4 Å². The van der Waals surface area contributed by atoms with Gasteiger partial charge in [0.25, 0.3) is 0 Å². The first-order chi connectivity index (χ1) is 9.97. The second-order valence-corrected chi connectivity index (χ2v) is 7.36. The topological polar surface area (TPSA) is 43.4 Å². The number of benzene rings is 1. The first kappa shape index (κ1) is 16.1. The molecule has 0 N–H and O–H groups in total. The van der Waals surface area contributed by atoms with Crippen LogP contribution in [-0.4, -0.2) is 23.6 Å². The standard InChI is InChI=1S/C17H22O3S/c1-11(2)10-20-17(19)12(3)21-15-8-6-14(7-9-15)16(18)13-4-5-13/h6-9,11-13H,4-5,10H2,1-3H3. The number of thioether (sulfide) groups is 1. The third-order valence-electron chi connectivity index (χ3n) is 3.29. The van der Waals surface area contributed by atoms with Crippen LogP contribution in [0.15, 0.2) is 29.2 Å². The molecule has 1 aliphatic carbocycles. The predicted molar refractivity (Wildman–Crippen MR) is 84.6 cm³/mol. The summed E-state index contributed by atoms with van der Waals surface area (Å²) in [7, 11) is 0. The number of carbonyl (C=O) groups is 2. The fourth-order valence-electron chi connectivity index (χ4n) is 1.90. The lowest BCUT2D eigenvalue weighted by Gasteiger charge is -2.12. The van der Waals surface area contributed by atoms with Gasteiger partial charge in [0.15, 0.2) is 5.78 Å². The van der Waals surface area contributed by atoms with Crippen LogP contribution < -0.4 is 0 Å². The van der Waals surface area contributed by atoms with E-state index in [0.29, 0.717) is 12.5 Å². The molecule has 1 aliphatic rings. The maximum absolute atomic E-state index is 11.9. The van der Waals surface area contributed by atoms with Gasteiger partial charge in [-0.1, -0.05) is 26.0 Å². The number of esters is 1. The minimum Gasteiger partial charge on any atom is -0.465 e. The molecule has 1 unspecified atom stereocenters. The molecule has 1 atom stereocenters. The molecule has 0 heterocycles. The van der Waals surface area contributed by atoms with Crippen LogP contribution in [0, 0.1) is 11.8 Å². The van der Waals surface area contributed by atoms with Crippen LogP contribution in [0.4, 0.5) is 0 Å². The average Bonchev–Trinajstić information content (AvgIpc) is 3.29. The molecule has 1 aromatic carbocycles. The van der Waals surface area contributed by atoms with Crippen LogP contribution in [0.1, 0.15) is 44.0 Å². The fourth-order valence-corrected chi connectivity index (χ4v) is 2.76. The highest BCUT2D eigenvalue weighted by Gasteiger charge is 2.30. The number of ether oxygens (including phenoxy) is 1. The summed E-state index contributed by atoms with van der Waals surface area (Å²) < 4.78 is 5.23. The minimum absolute atomic E-state index is 0.188. The summed E-state index contributed by atoms with van der Waals surface area (Å²) >= 11 is 1.46. The van der Waals surface area contributed by atoms with Crippen LogP contribution in [0.3, 0.4) is 0 Å². The molecular formula is C17H22O3S. The number of Topliss-reactive ketones (excluding diaryl/α,β-unsaturated/α-hetero) is 1. The number of hydrogen-bond donors (Lipinski definition) is 0. The summed E-state index contributed by atoms with van der Waals surface area (Å²) in [5.74, 6) is 0.648. The Morgan fingerprint density at radius 3 is 2.33 bits per heavy atom. The molecule has 0 saturated heterocycles. The highest BCUT2D eigenvalue weighted by molar-refractivity contribution is 8.00. The van der Waals surface area contributed by atoms with Crippen molar-refractivity contribution in [3.63, 3.8) is 0 Å². The molecule has 0 radical (unpaired) electrons. The molecule has 0 spiro atoms. The van der Waals surface area contributed by atoms with Gasteiger partial charge in [-0.3, -0.25) is 9.59 Å². The van der Waals surface area contributed by atoms with Gasteiger partial charge in [-0.15, -0.1) is 11.8 Å². The Balaban J connectivity index is 1.87. The third-order valence-corrected chi connectivity index (χ3v) is 4.38. The van der Waals surface area contributed by atoms with E-state index >= 15 is 0 Å². The SMILES string of the molecule is CC(C)COC(=O)C(C)Sc1ccc(C(=O)C2CC2)cc1. The first-order valence-electron chi connectivity index (χ1n) is 7.45. The fraction of sp³-hybridized carbons (Fsp3) is 0.529. The Hall–Kier alpha value is -1.29. The molecule has 0 aromatic heterocycles. The number of hydrogen-bond acceptors (Lipinski definition) is 4. The average molecular weight is 306 g/mol. The summed E-state index contributed by atoms with van der Waals surface area (Å²) in [6.07, 6.45) is 2.04. The van der Waals surface area contributed by atoms with Crippen LogP contribution in [0.5, 0.6) is 0 Å². The van der Waals surface area contributed by atoms with Gasteiger partial charge in [0.05, 0.1) is 6.61 Å². The molecule has 2 rings (SSSR count). The Morgan fingerprint density at radius 2 is 1.81 bits per heavy atom. The lowest BCUT2D eigenvalue weighted by molar-refractivity contribution is -0.143. The normalized spacial score (nSPS) is 15.8. The molecule has 114 valence electrons. The summed E-state index contributed by atoms with van der Waals surface area (Å²) in [6.45, 7) is 6.33. The van der Waals surface area contributed by atoms with Gasteiger partial charge < -0.3 is 4.74 Å². The molecule has 1 aromatic rings. The lowest BCUT2D eigenvalue weighted by Crippen LogP contribution is -2.19. The number of ketones is 1. The van der Waals surface area contributed by atoms with Crippen molar-refractivity contribution in [3.05, 3.63) is 29.8 Å². The van der Waals surface area contributed by atoms with Crippen LogP contribution in [0.25, 0.3) is 0 Å². The van der Waals surface area contributed by atoms with Gasteiger partial charge in [-0.2, -0.15) is 0 Å². The zero-order valence-electron chi connectivity index (χ0n) is 12.8. The zero-order chi connectivity index (χ0) is 15.4. The molecule has 0 amide bonds. The minimum atomic E-state index is -0.242. The number of carbonyl (C=O) groups excluding carboxylic acids is 2. The third kappa shape index (κ3) is 4.88. The van der Waals surface area contributed by atoms with E-state index in [1.54, 1.807) is 0 Å². The second kappa shape index (κ2) is 7.12. The monoisotopic (exact) mass is 306 g/mol. The predicted octanol–water partition coefficient (Wildman–Crippen LogP) is 3.96. The Bertz CT molecular complexity index is 503. The largest absolute Gasteiger partial charge is 0.465 e. The van der Waals surface area contributed by atoms with E-state index in [-0.39, 0.29) is 22.9 Å². The van der Waals surface area contributed by atoms with E-state index in [4.69, 9.17) is 4.74 Å². The van der Waals surface area contributed by atoms with Gasteiger partial charge >= 0.3 is 5.97 Å². The Labute approximate surface area is 130 Å². The van der Waals surface area contributed by atoms with Crippen LogP contribution in [0.2, 0.25) is 0 Å². The van der Waals surface area contributed by atoms with Crippen LogP contribution in [-0.2, 0) is 9.53 Å². The summed E-state index contributed by atoms with van der Waals surface area (Å²) in [5.41, 5.74) is 0.775. The van der Waals surface area contributed by atoms with E-state index in [0.717, 1.165) is 23.3 Å². The summed E-state index contributed by atoms with van der Waals surface area (Å²) in [5, 5.41) is -0.242. The first-order valence-corrected chi connectivity index (χ1v) is 8.33. The maximum Gasteiger partial charge on any atom is 0.319 e. The van der Waals surface area contributed by atoms with Gasteiger partial charge in [0.2, 0.25) is 0 Å². The van der Waals surface area contributed by atoms with E-state index in [1.165, 1.54) is 11.8 Å². The van der Waals surface area contributed by atoms with Crippen LogP contribution >= 0.6 is 11.8 Å². The van der Waals surface area contributed by atoms with Crippen molar-refractivity contribution in [2.75, 3.05) is 6.61 Å². The van der Waals surface area contributed by atoms with Crippen molar-refractivity contribution in [1.82, 2.24) is 0 Å². The lowest BCUT2D eigenvalue weighted by atomic mass is 10.1. The van der Waals surface area contributed by atoms with Gasteiger partial charge in [-0.25, -0.2) is 0 Å². The maximum atomic E-state index is 11.9.